The molecule has 35 heavy (non-hydrogen) atoms. The first kappa shape index (κ1) is 23.4. The second-order valence-electron chi connectivity index (χ2n) is 8.91. The number of piperidine rings is 1. The molecule has 1 saturated heterocycles. The van der Waals surface area contributed by atoms with Crippen molar-refractivity contribution in [2.45, 2.75) is 26.2 Å². The maximum absolute atomic E-state index is 13.5. The van der Waals surface area contributed by atoms with Crippen molar-refractivity contribution in [2.75, 3.05) is 26.2 Å². The molecule has 5 rings (SSSR count). The Morgan fingerprint density at radius 1 is 0.971 bits per heavy atom. The topological polar surface area (TPSA) is 59.0 Å². The van der Waals surface area contributed by atoms with Gasteiger partial charge in [0.25, 0.3) is 0 Å². The number of thiophene rings is 1. The second kappa shape index (κ2) is 10.5. The number of benzene rings is 3. The molecule has 0 aliphatic carbocycles. The van der Waals surface area contributed by atoms with Gasteiger partial charge in [-0.1, -0.05) is 30.7 Å². The van der Waals surface area contributed by atoms with Gasteiger partial charge in [-0.05, 0) is 80.9 Å². The Labute approximate surface area is 209 Å². The maximum Gasteiger partial charge on any atom is 0.207 e. The second-order valence-corrected chi connectivity index (χ2v) is 9.96. The zero-order valence-corrected chi connectivity index (χ0v) is 20.6. The molecule has 1 aromatic heterocycles. The molecule has 0 radical (unpaired) electrons. The molecule has 3 aromatic carbocycles. The van der Waals surface area contributed by atoms with Crippen LogP contribution in [0, 0.1) is 6.92 Å². The van der Waals surface area contributed by atoms with E-state index in [0.717, 1.165) is 41.0 Å². The third kappa shape index (κ3) is 5.34. The first-order valence-corrected chi connectivity index (χ1v) is 12.9. The van der Waals surface area contributed by atoms with Gasteiger partial charge < -0.3 is 14.6 Å². The summed E-state index contributed by atoms with van der Waals surface area (Å²) in [5.74, 6) is 2.00. The van der Waals surface area contributed by atoms with Crippen LogP contribution < -0.4 is 9.47 Å². The van der Waals surface area contributed by atoms with Crippen molar-refractivity contribution < 1.29 is 19.4 Å². The molecule has 180 valence electrons. The number of ether oxygens (including phenoxy) is 2. The molecule has 0 amide bonds. The summed E-state index contributed by atoms with van der Waals surface area (Å²) in [6.45, 7) is 5.85. The Balaban J connectivity index is 1.36. The minimum Gasteiger partial charge on any atom is -0.508 e. The summed E-state index contributed by atoms with van der Waals surface area (Å²) in [6, 6.07) is 20.1. The Morgan fingerprint density at radius 2 is 1.71 bits per heavy atom. The van der Waals surface area contributed by atoms with Crippen LogP contribution in [-0.2, 0) is 0 Å². The molecule has 2 heterocycles. The standard InChI is InChI=1S/C29H29NO4S/c1-20-7-3-4-8-24(20)27(32)29-28(25-14-9-21(31)19-26(25)35-29)34-23-12-10-22(11-13-23)33-18-17-30-15-5-2-6-16-30/h3-4,7-14,19,31H,2,5-6,15-18H2,1H3. The number of carbonyl (C=O) groups excluding carboxylic acids is 1. The summed E-state index contributed by atoms with van der Waals surface area (Å²) in [7, 11) is 0. The molecule has 1 N–H and O–H groups in total. The van der Waals surface area contributed by atoms with Gasteiger partial charge in [0.15, 0.2) is 5.75 Å². The Morgan fingerprint density at radius 3 is 2.49 bits per heavy atom. The van der Waals surface area contributed by atoms with Gasteiger partial charge in [0.1, 0.15) is 28.7 Å². The minimum absolute atomic E-state index is 0.0866. The third-order valence-corrected chi connectivity index (χ3v) is 7.53. The lowest BCUT2D eigenvalue weighted by atomic mass is 10.0. The van der Waals surface area contributed by atoms with Gasteiger partial charge in [-0.15, -0.1) is 11.3 Å². The van der Waals surface area contributed by atoms with Gasteiger partial charge in [-0.3, -0.25) is 9.69 Å². The normalized spacial score (nSPS) is 14.2. The van der Waals surface area contributed by atoms with E-state index in [-0.39, 0.29) is 11.5 Å². The van der Waals surface area contributed by atoms with Crippen LogP contribution in [0.1, 0.15) is 40.1 Å². The molecule has 1 aliphatic heterocycles. The number of aryl methyl sites for hydroxylation is 1. The molecular formula is C29H29NO4S. The van der Waals surface area contributed by atoms with Crippen LogP contribution in [0.25, 0.3) is 10.1 Å². The molecule has 0 unspecified atom stereocenters. The van der Waals surface area contributed by atoms with E-state index in [1.807, 2.05) is 55.5 Å². The van der Waals surface area contributed by atoms with E-state index in [2.05, 4.69) is 4.90 Å². The number of phenolic OH excluding ortho intramolecular Hbond substituents is 1. The average Bonchev–Trinajstić information content (AvgIpc) is 3.23. The number of aromatic hydroxyl groups is 1. The van der Waals surface area contributed by atoms with Crippen LogP contribution in [0.3, 0.4) is 0 Å². The number of carbonyl (C=O) groups is 1. The number of fused-ring (bicyclic) bond motifs is 1. The maximum atomic E-state index is 13.5. The van der Waals surface area contributed by atoms with Crippen LogP contribution in [0.15, 0.2) is 66.7 Å². The largest absolute Gasteiger partial charge is 0.508 e. The highest BCUT2D eigenvalue weighted by Crippen LogP contribution is 2.43. The lowest BCUT2D eigenvalue weighted by Gasteiger charge is -2.26. The predicted molar refractivity (Wildman–Crippen MR) is 140 cm³/mol. The monoisotopic (exact) mass is 487 g/mol. The number of hydrogen-bond acceptors (Lipinski definition) is 6. The highest BCUT2D eigenvalue weighted by atomic mass is 32.1. The summed E-state index contributed by atoms with van der Waals surface area (Å²) in [6.07, 6.45) is 3.88. The minimum atomic E-state index is -0.0866. The fourth-order valence-electron chi connectivity index (χ4n) is 4.46. The molecule has 1 fully saturated rings. The smallest absolute Gasteiger partial charge is 0.207 e. The van der Waals surface area contributed by atoms with Crippen molar-refractivity contribution in [1.29, 1.82) is 0 Å². The zero-order chi connectivity index (χ0) is 24.2. The molecule has 0 bridgehead atoms. The van der Waals surface area contributed by atoms with Gasteiger partial charge in [-0.2, -0.15) is 0 Å². The van der Waals surface area contributed by atoms with Crippen molar-refractivity contribution in [2.24, 2.45) is 0 Å². The van der Waals surface area contributed by atoms with E-state index < -0.39 is 0 Å². The van der Waals surface area contributed by atoms with Gasteiger partial charge >= 0.3 is 0 Å². The Bertz CT molecular complexity index is 1320. The molecule has 0 spiro atoms. The van der Waals surface area contributed by atoms with Crippen LogP contribution in [-0.4, -0.2) is 42.0 Å². The summed E-state index contributed by atoms with van der Waals surface area (Å²) >= 11 is 1.33. The highest BCUT2D eigenvalue weighted by molar-refractivity contribution is 7.21. The Hall–Kier alpha value is -3.35. The number of hydrogen-bond donors (Lipinski definition) is 1. The molecule has 4 aromatic rings. The van der Waals surface area contributed by atoms with E-state index in [9.17, 15) is 9.90 Å². The number of ketones is 1. The highest BCUT2D eigenvalue weighted by Gasteiger charge is 2.23. The molecule has 1 aliphatic rings. The van der Waals surface area contributed by atoms with Crippen molar-refractivity contribution >= 4 is 27.2 Å². The quantitative estimate of drug-likeness (QED) is 0.277. The lowest BCUT2D eigenvalue weighted by Crippen LogP contribution is -2.33. The fraction of sp³-hybridized carbons (Fsp3) is 0.276. The molecule has 6 heteroatoms. The van der Waals surface area contributed by atoms with Crippen molar-refractivity contribution in [1.82, 2.24) is 4.90 Å². The lowest BCUT2D eigenvalue weighted by molar-refractivity contribution is 0.104. The summed E-state index contributed by atoms with van der Waals surface area (Å²) in [5, 5.41) is 10.8. The van der Waals surface area contributed by atoms with Crippen molar-refractivity contribution in [3.63, 3.8) is 0 Å². The van der Waals surface area contributed by atoms with E-state index in [4.69, 9.17) is 9.47 Å². The van der Waals surface area contributed by atoms with E-state index in [1.54, 1.807) is 18.2 Å². The van der Waals surface area contributed by atoms with Crippen LogP contribution in [0.5, 0.6) is 23.0 Å². The predicted octanol–water partition coefficient (Wildman–Crippen LogP) is 6.80. The third-order valence-electron chi connectivity index (χ3n) is 6.39. The van der Waals surface area contributed by atoms with Gasteiger partial charge in [-0.25, -0.2) is 0 Å². The molecular weight excluding hydrogens is 458 g/mol. The average molecular weight is 488 g/mol. The first-order valence-electron chi connectivity index (χ1n) is 12.1. The molecule has 0 saturated carbocycles. The van der Waals surface area contributed by atoms with Crippen molar-refractivity contribution in [3.8, 4) is 23.0 Å². The summed E-state index contributed by atoms with van der Waals surface area (Å²) < 4.78 is 13.0. The SMILES string of the molecule is Cc1ccccc1C(=O)c1sc2cc(O)ccc2c1Oc1ccc(OCCN2CCCCC2)cc1. The van der Waals surface area contributed by atoms with Crippen LogP contribution >= 0.6 is 11.3 Å². The fourth-order valence-corrected chi connectivity index (χ4v) is 5.58. The number of rotatable bonds is 8. The Kier molecular flexibility index (Phi) is 7.02. The molecule has 0 atom stereocenters. The summed E-state index contributed by atoms with van der Waals surface area (Å²) in [5.41, 5.74) is 1.56. The number of nitrogens with zero attached hydrogens (tertiary/aromatic N) is 1. The first-order chi connectivity index (χ1) is 17.1. The van der Waals surface area contributed by atoms with Gasteiger partial charge in [0.05, 0.1) is 0 Å². The van der Waals surface area contributed by atoms with Crippen LogP contribution in [0.4, 0.5) is 0 Å². The van der Waals surface area contributed by atoms with Gasteiger partial charge in [0, 0.05) is 22.2 Å². The number of phenols is 1. The van der Waals surface area contributed by atoms with Gasteiger partial charge in [0.2, 0.25) is 5.78 Å². The summed E-state index contributed by atoms with van der Waals surface area (Å²) in [4.78, 5) is 16.4. The van der Waals surface area contributed by atoms with E-state index in [1.165, 1.54) is 30.6 Å². The van der Waals surface area contributed by atoms with Crippen molar-refractivity contribution in [3.05, 3.63) is 82.7 Å². The van der Waals surface area contributed by atoms with E-state index >= 15 is 0 Å². The van der Waals surface area contributed by atoms with E-state index in [0.29, 0.717) is 28.5 Å². The number of likely N-dealkylation sites (tertiary alicyclic amines) is 1. The zero-order valence-electron chi connectivity index (χ0n) is 19.8. The van der Waals surface area contributed by atoms with Crippen LogP contribution in [0.2, 0.25) is 0 Å². The molecule has 5 nitrogen and oxygen atoms in total.